The molecular formula is C15H20O2S. The monoisotopic (exact) mass is 264 g/mol. The third-order valence-corrected chi connectivity index (χ3v) is 4.35. The largest absolute Gasteiger partial charge is 0.383 e. The number of hydrogen-bond acceptors (Lipinski definition) is 3. The second-order valence-electron chi connectivity index (χ2n) is 4.80. The van der Waals surface area contributed by atoms with Crippen LogP contribution in [0.25, 0.3) is 0 Å². The summed E-state index contributed by atoms with van der Waals surface area (Å²) in [6, 6.07) is 1.85. The number of hydrogen-bond donors (Lipinski definition) is 1. The van der Waals surface area contributed by atoms with E-state index in [4.69, 9.17) is 0 Å². The van der Waals surface area contributed by atoms with Crippen LogP contribution in [0.1, 0.15) is 66.8 Å². The van der Waals surface area contributed by atoms with Crippen LogP contribution in [0.4, 0.5) is 0 Å². The zero-order chi connectivity index (χ0) is 13.0. The van der Waals surface area contributed by atoms with E-state index in [-0.39, 0.29) is 5.78 Å². The Hall–Kier alpha value is -0.930. The first-order valence-corrected chi connectivity index (χ1v) is 7.64. The third kappa shape index (κ3) is 2.73. The molecule has 2 rings (SSSR count). The smallest absolute Gasteiger partial charge is 0.201 e. The van der Waals surface area contributed by atoms with Gasteiger partial charge in [0.2, 0.25) is 5.78 Å². The van der Waals surface area contributed by atoms with Gasteiger partial charge in [0, 0.05) is 11.1 Å². The van der Waals surface area contributed by atoms with Crippen molar-refractivity contribution in [1.29, 1.82) is 0 Å². The number of rotatable bonds is 6. The number of fused-ring (bicyclic) bond motifs is 1. The predicted molar refractivity (Wildman–Crippen MR) is 75.1 cm³/mol. The number of aliphatic hydroxyl groups is 1. The van der Waals surface area contributed by atoms with Crippen LogP contribution >= 0.6 is 11.3 Å². The molecule has 0 saturated carbocycles. The minimum absolute atomic E-state index is 0.0288. The molecule has 0 radical (unpaired) electrons. The molecule has 0 aliphatic heterocycles. The SMILES string of the molecule is CCCCCCC/C=C1/C(=O)c2sccc2[C@@H]1O. The average Bonchev–Trinajstić information content (AvgIpc) is 2.92. The quantitative estimate of drug-likeness (QED) is 0.615. The molecule has 98 valence electrons. The number of thiophene rings is 1. The molecule has 0 fully saturated rings. The molecule has 1 aromatic heterocycles. The lowest BCUT2D eigenvalue weighted by Crippen LogP contribution is -1.99. The van der Waals surface area contributed by atoms with Crippen molar-refractivity contribution < 1.29 is 9.90 Å². The van der Waals surface area contributed by atoms with Gasteiger partial charge in [0.05, 0.1) is 4.88 Å². The predicted octanol–water partition coefficient (Wildman–Crippen LogP) is 4.26. The Bertz CT molecular complexity index is 445. The standard InChI is InChI=1S/C15H20O2S/c1-2-3-4-5-6-7-8-11-13(16)12-9-10-18-15(12)14(11)17/h8-10,13,16H,2-7H2,1H3/b11-8+/t13-/m1/s1. The van der Waals surface area contributed by atoms with E-state index < -0.39 is 6.10 Å². The molecule has 0 aromatic carbocycles. The van der Waals surface area contributed by atoms with Crippen LogP contribution in [0.5, 0.6) is 0 Å². The van der Waals surface area contributed by atoms with Crippen molar-refractivity contribution in [2.75, 3.05) is 0 Å². The van der Waals surface area contributed by atoms with Crippen molar-refractivity contribution in [2.45, 2.75) is 51.6 Å². The molecule has 0 bridgehead atoms. The summed E-state index contributed by atoms with van der Waals surface area (Å²) in [7, 11) is 0. The van der Waals surface area contributed by atoms with Gasteiger partial charge in [-0.2, -0.15) is 0 Å². The van der Waals surface area contributed by atoms with Crippen molar-refractivity contribution in [3.8, 4) is 0 Å². The second-order valence-corrected chi connectivity index (χ2v) is 5.72. The zero-order valence-electron chi connectivity index (χ0n) is 10.8. The Labute approximate surface area is 112 Å². The maximum absolute atomic E-state index is 12.0. The normalized spacial score (nSPS) is 20.7. The van der Waals surface area contributed by atoms with E-state index in [1.807, 2.05) is 17.5 Å². The molecule has 0 saturated heterocycles. The molecule has 0 amide bonds. The molecule has 1 aromatic rings. The fourth-order valence-corrected chi connectivity index (χ4v) is 3.24. The van der Waals surface area contributed by atoms with Gasteiger partial charge in [-0.3, -0.25) is 4.79 Å². The maximum Gasteiger partial charge on any atom is 0.201 e. The second kappa shape index (κ2) is 6.30. The Morgan fingerprint density at radius 2 is 2.11 bits per heavy atom. The molecule has 18 heavy (non-hydrogen) atoms. The molecule has 2 nitrogen and oxygen atoms in total. The van der Waals surface area contributed by atoms with Gasteiger partial charge in [0.1, 0.15) is 6.10 Å². The third-order valence-electron chi connectivity index (χ3n) is 3.43. The first-order chi connectivity index (χ1) is 8.75. The Morgan fingerprint density at radius 1 is 1.33 bits per heavy atom. The summed E-state index contributed by atoms with van der Waals surface area (Å²) in [6.45, 7) is 2.20. The van der Waals surface area contributed by atoms with E-state index in [1.165, 1.54) is 37.0 Å². The van der Waals surface area contributed by atoms with Crippen molar-refractivity contribution in [3.63, 3.8) is 0 Å². The molecular weight excluding hydrogens is 244 g/mol. The lowest BCUT2D eigenvalue weighted by atomic mass is 10.1. The van der Waals surface area contributed by atoms with E-state index in [9.17, 15) is 9.90 Å². The van der Waals surface area contributed by atoms with E-state index in [1.54, 1.807) is 0 Å². The van der Waals surface area contributed by atoms with Crippen molar-refractivity contribution in [3.05, 3.63) is 33.5 Å². The highest BCUT2D eigenvalue weighted by molar-refractivity contribution is 7.12. The van der Waals surface area contributed by atoms with Gasteiger partial charge >= 0.3 is 0 Å². The van der Waals surface area contributed by atoms with E-state index in [0.717, 1.165) is 23.3 Å². The van der Waals surface area contributed by atoms with Gasteiger partial charge in [0.15, 0.2) is 0 Å². The van der Waals surface area contributed by atoms with Crippen LogP contribution in [-0.2, 0) is 0 Å². The highest BCUT2D eigenvalue weighted by Gasteiger charge is 2.33. The van der Waals surface area contributed by atoms with Gasteiger partial charge in [0.25, 0.3) is 0 Å². The van der Waals surface area contributed by atoms with Gasteiger partial charge in [-0.15, -0.1) is 11.3 Å². The summed E-state index contributed by atoms with van der Waals surface area (Å²) >= 11 is 1.43. The molecule has 1 atom stereocenters. The van der Waals surface area contributed by atoms with Crippen molar-refractivity contribution in [2.24, 2.45) is 0 Å². The Balaban J connectivity index is 1.87. The molecule has 3 heteroatoms. The van der Waals surface area contributed by atoms with Gasteiger partial charge in [-0.05, 0) is 24.3 Å². The topological polar surface area (TPSA) is 37.3 Å². The number of carbonyl (C=O) groups excluding carboxylic acids is 1. The lowest BCUT2D eigenvalue weighted by molar-refractivity contribution is 0.102. The summed E-state index contributed by atoms with van der Waals surface area (Å²) in [4.78, 5) is 12.7. The average molecular weight is 264 g/mol. The summed E-state index contributed by atoms with van der Waals surface area (Å²) < 4.78 is 0. The Kier molecular flexibility index (Phi) is 4.72. The highest BCUT2D eigenvalue weighted by atomic mass is 32.1. The fourth-order valence-electron chi connectivity index (χ4n) is 2.35. The van der Waals surface area contributed by atoms with E-state index >= 15 is 0 Å². The minimum atomic E-state index is -0.686. The van der Waals surface area contributed by atoms with Gasteiger partial charge in [-0.1, -0.05) is 38.7 Å². The first kappa shape index (κ1) is 13.5. The summed E-state index contributed by atoms with van der Waals surface area (Å²) in [5, 5.41) is 11.9. The minimum Gasteiger partial charge on any atom is -0.383 e. The van der Waals surface area contributed by atoms with Crippen LogP contribution in [0, 0.1) is 0 Å². The van der Waals surface area contributed by atoms with Gasteiger partial charge < -0.3 is 5.11 Å². The number of allylic oxidation sites excluding steroid dienone is 1. The molecule has 0 spiro atoms. The zero-order valence-corrected chi connectivity index (χ0v) is 11.6. The first-order valence-electron chi connectivity index (χ1n) is 6.76. The number of aliphatic hydroxyl groups excluding tert-OH is 1. The molecule has 0 unspecified atom stereocenters. The molecule has 1 aliphatic rings. The van der Waals surface area contributed by atoms with Crippen LogP contribution in [-0.4, -0.2) is 10.9 Å². The van der Waals surface area contributed by atoms with Crippen molar-refractivity contribution in [1.82, 2.24) is 0 Å². The number of unbranched alkanes of at least 4 members (excludes halogenated alkanes) is 5. The highest BCUT2D eigenvalue weighted by Crippen LogP contribution is 2.38. The number of ketones is 1. The molecule has 1 N–H and O–H groups in total. The lowest BCUT2D eigenvalue weighted by Gasteiger charge is -2.03. The van der Waals surface area contributed by atoms with Crippen LogP contribution in [0.15, 0.2) is 23.1 Å². The van der Waals surface area contributed by atoms with Crippen LogP contribution < -0.4 is 0 Å². The number of Topliss-reactive ketones (excluding diaryl/α,β-unsaturated/α-hetero) is 1. The maximum atomic E-state index is 12.0. The van der Waals surface area contributed by atoms with E-state index in [0.29, 0.717) is 5.57 Å². The number of carbonyl (C=O) groups is 1. The van der Waals surface area contributed by atoms with Crippen LogP contribution in [0.2, 0.25) is 0 Å². The molecule has 1 heterocycles. The van der Waals surface area contributed by atoms with Crippen LogP contribution in [0.3, 0.4) is 0 Å². The fraction of sp³-hybridized carbons (Fsp3) is 0.533. The summed E-state index contributed by atoms with van der Waals surface area (Å²) in [5.41, 5.74) is 1.38. The summed E-state index contributed by atoms with van der Waals surface area (Å²) in [5.74, 6) is 0.0288. The summed E-state index contributed by atoms with van der Waals surface area (Å²) in [6.07, 6.45) is 8.27. The van der Waals surface area contributed by atoms with E-state index in [2.05, 4.69) is 6.92 Å². The Morgan fingerprint density at radius 3 is 2.83 bits per heavy atom. The van der Waals surface area contributed by atoms with Gasteiger partial charge in [-0.25, -0.2) is 0 Å². The van der Waals surface area contributed by atoms with Crippen molar-refractivity contribution >= 4 is 17.1 Å². The molecule has 1 aliphatic carbocycles.